The van der Waals surface area contributed by atoms with E-state index in [-0.39, 0.29) is 12.3 Å². The van der Waals surface area contributed by atoms with Crippen LogP contribution in [0.4, 0.5) is 4.79 Å². The number of benzene rings is 4. The number of nitrogens with one attached hydrogen (secondary N) is 2. The molecule has 0 fully saturated rings. The van der Waals surface area contributed by atoms with E-state index in [0.717, 1.165) is 33.0 Å². The summed E-state index contributed by atoms with van der Waals surface area (Å²) >= 11 is 0. The molecular weight excluding hydrogens is 552 g/mol. The molecule has 4 aromatic carbocycles. The Morgan fingerprint density at radius 1 is 0.864 bits per heavy atom. The zero-order chi connectivity index (χ0) is 31.3. The number of alkyl carbamates (subject to hydrolysis) is 1. The van der Waals surface area contributed by atoms with Gasteiger partial charge in [-0.1, -0.05) is 97.1 Å². The number of ether oxygens (including phenoxy) is 1. The Hall–Kier alpha value is -4.20. The Morgan fingerprint density at radius 2 is 1.55 bits per heavy atom. The fraction of sp³-hybridized carbons (Fsp3) is 0.351. The van der Waals surface area contributed by atoms with Gasteiger partial charge in [-0.3, -0.25) is 4.79 Å². The zero-order valence-corrected chi connectivity index (χ0v) is 25.6. The van der Waals surface area contributed by atoms with Crippen LogP contribution in [-0.4, -0.2) is 46.1 Å². The Balaban J connectivity index is 1.39. The van der Waals surface area contributed by atoms with Crippen LogP contribution in [0, 0.1) is 5.92 Å². The predicted octanol–water partition coefficient (Wildman–Crippen LogP) is 5.66. The van der Waals surface area contributed by atoms with Crippen molar-refractivity contribution in [1.82, 2.24) is 10.6 Å². The molecule has 4 aromatic rings. The van der Waals surface area contributed by atoms with Crippen molar-refractivity contribution in [3.63, 3.8) is 0 Å². The lowest BCUT2D eigenvalue weighted by Gasteiger charge is -2.30. The molecule has 5 rings (SSSR count). The highest BCUT2D eigenvalue weighted by Crippen LogP contribution is 2.32. The number of hydrogen-bond acceptors (Lipinski definition) is 5. The quantitative estimate of drug-likeness (QED) is 0.190. The molecule has 2 amide bonds. The number of fused-ring (bicyclic) bond motifs is 2. The summed E-state index contributed by atoms with van der Waals surface area (Å²) in [5.74, 6) is -0.873. The fourth-order valence-corrected chi connectivity index (χ4v) is 6.02. The summed E-state index contributed by atoms with van der Waals surface area (Å²) in [6.07, 6.45) is -1.11. The van der Waals surface area contributed by atoms with Crippen molar-refractivity contribution in [3.05, 3.63) is 119 Å². The van der Waals surface area contributed by atoms with Gasteiger partial charge in [0.25, 0.3) is 0 Å². The van der Waals surface area contributed by atoms with Crippen molar-refractivity contribution >= 4 is 22.8 Å². The van der Waals surface area contributed by atoms with E-state index in [4.69, 9.17) is 4.74 Å². The lowest BCUT2D eigenvalue weighted by atomic mass is 9.88. The Morgan fingerprint density at radius 3 is 2.30 bits per heavy atom. The number of carbonyl (C=O) groups is 2. The maximum atomic E-state index is 13.9. The van der Waals surface area contributed by atoms with Crippen molar-refractivity contribution in [3.8, 4) is 0 Å². The minimum atomic E-state index is -1.06. The summed E-state index contributed by atoms with van der Waals surface area (Å²) in [7, 11) is 0. The lowest BCUT2D eigenvalue weighted by Crippen LogP contribution is -2.48. The molecule has 7 heteroatoms. The Bertz CT molecular complexity index is 1580. The van der Waals surface area contributed by atoms with Crippen molar-refractivity contribution in [1.29, 1.82) is 0 Å². The topological polar surface area (TPSA) is 108 Å². The molecule has 44 heavy (non-hydrogen) atoms. The summed E-state index contributed by atoms with van der Waals surface area (Å²) in [4.78, 5) is 26.8. The molecule has 0 spiro atoms. The first kappa shape index (κ1) is 31.2. The molecule has 7 nitrogen and oxygen atoms in total. The second-order valence-corrected chi connectivity index (χ2v) is 12.8. The first-order valence-electron chi connectivity index (χ1n) is 15.3. The largest absolute Gasteiger partial charge is 0.444 e. The van der Waals surface area contributed by atoms with Gasteiger partial charge in [-0.2, -0.15) is 0 Å². The maximum absolute atomic E-state index is 13.9. The SMILES string of the molecule is CC(C)(C)OC(=O)NC(Cc1ccc2ccccc2c1)C(O)CC(Cc1ccccc1)C(=O)NC1c2ccccc2CC1O. The molecule has 0 saturated heterocycles. The third-order valence-electron chi connectivity index (χ3n) is 8.16. The number of amides is 2. The van der Waals surface area contributed by atoms with Gasteiger partial charge in [0.05, 0.1) is 24.3 Å². The van der Waals surface area contributed by atoms with Gasteiger partial charge in [0.15, 0.2) is 0 Å². The van der Waals surface area contributed by atoms with Gasteiger partial charge >= 0.3 is 6.09 Å². The molecule has 230 valence electrons. The van der Waals surface area contributed by atoms with Crippen molar-refractivity contribution in [2.24, 2.45) is 5.92 Å². The summed E-state index contributed by atoms with van der Waals surface area (Å²) in [5.41, 5.74) is 3.11. The minimum absolute atomic E-state index is 0.0965. The van der Waals surface area contributed by atoms with Gasteiger partial charge in [-0.15, -0.1) is 0 Å². The molecule has 1 aliphatic carbocycles. The molecule has 0 radical (unpaired) electrons. The summed E-state index contributed by atoms with van der Waals surface area (Å²) in [6.45, 7) is 5.37. The van der Waals surface area contributed by atoms with Crippen molar-refractivity contribution < 1.29 is 24.5 Å². The van der Waals surface area contributed by atoms with E-state index in [0.29, 0.717) is 19.3 Å². The fourth-order valence-electron chi connectivity index (χ4n) is 6.02. The van der Waals surface area contributed by atoms with Gasteiger partial charge < -0.3 is 25.6 Å². The van der Waals surface area contributed by atoms with Crippen LogP contribution in [-0.2, 0) is 28.8 Å². The standard InChI is InChI=1S/C37H42N2O5/c1-37(2,3)44-36(43)38-31(21-25-17-18-26-13-7-8-14-27(26)20-25)32(40)23-29(19-24-11-5-4-6-12-24)35(42)39-34-30-16-10-9-15-28(30)22-33(34)41/h4-18,20,29,31-34,40-41H,19,21-23H2,1-3H3,(H,38,43)(H,39,42). The van der Waals surface area contributed by atoms with Crippen LogP contribution in [0.1, 0.15) is 55.5 Å². The Kier molecular flexibility index (Phi) is 9.67. The van der Waals surface area contributed by atoms with Gasteiger partial charge in [0.1, 0.15) is 5.60 Å². The van der Waals surface area contributed by atoms with Crippen LogP contribution in [0.3, 0.4) is 0 Å². The van der Waals surface area contributed by atoms with E-state index < -0.39 is 41.9 Å². The van der Waals surface area contributed by atoms with E-state index in [1.807, 2.05) is 91.0 Å². The number of rotatable bonds is 10. The van der Waals surface area contributed by atoms with Crippen LogP contribution in [0.15, 0.2) is 97.1 Å². The van der Waals surface area contributed by atoms with E-state index in [1.165, 1.54) is 0 Å². The molecule has 1 aliphatic rings. The molecular formula is C37H42N2O5. The van der Waals surface area contributed by atoms with E-state index in [1.54, 1.807) is 20.8 Å². The van der Waals surface area contributed by atoms with E-state index >= 15 is 0 Å². The zero-order valence-electron chi connectivity index (χ0n) is 25.6. The predicted molar refractivity (Wildman–Crippen MR) is 172 cm³/mol. The van der Waals surface area contributed by atoms with Crippen molar-refractivity contribution in [2.45, 2.75) is 76.3 Å². The van der Waals surface area contributed by atoms with Crippen LogP contribution >= 0.6 is 0 Å². The molecule has 5 unspecified atom stereocenters. The van der Waals surface area contributed by atoms with Gasteiger partial charge in [-0.25, -0.2) is 4.79 Å². The molecule has 0 bridgehead atoms. The highest BCUT2D eigenvalue weighted by Gasteiger charge is 2.35. The van der Waals surface area contributed by atoms with Crippen LogP contribution in [0.5, 0.6) is 0 Å². The third kappa shape index (κ3) is 8.04. The average Bonchev–Trinajstić information content (AvgIpc) is 3.30. The van der Waals surface area contributed by atoms with Crippen molar-refractivity contribution in [2.75, 3.05) is 0 Å². The second-order valence-electron chi connectivity index (χ2n) is 12.8. The number of aliphatic hydroxyl groups is 2. The number of aliphatic hydroxyl groups excluding tert-OH is 2. The van der Waals surface area contributed by atoms with Crippen LogP contribution in [0.2, 0.25) is 0 Å². The monoisotopic (exact) mass is 594 g/mol. The van der Waals surface area contributed by atoms with Gasteiger partial charge in [-0.05, 0) is 73.1 Å². The summed E-state index contributed by atoms with van der Waals surface area (Å²) < 4.78 is 5.54. The summed E-state index contributed by atoms with van der Waals surface area (Å²) in [6, 6.07) is 30.3. The lowest BCUT2D eigenvalue weighted by molar-refractivity contribution is -0.127. The van der Waals surface area contributed by atoms with Gasteiger partial charge in [0, 0.05) is 12.3 Å². The molecule has 4 N–H and O–H groups in total. The Labute approximate surface area is 259 Å². The normalized spacial score (nSPS) is 18.2. The molecule has 0 saturated carbocycles. The molecule has 0 aliphatic heterocycles. The number of hydrogen-bond donors (Lipinski definition) is 4. The second kappa shape index (κ2) is 13.6. The number of carbonyl (C=O) groups excluding carboxylic acids is 2. The van der Waals surface area contributed by atoms with Crippen LogP contribution < -0.4 is 10.6 Å². The molecule has 5 atom stereocenters. The third-order valence-corrected chi connectivity index (χ3v) is 8.16. The summed E-state index contributed by atoms with van der Waals surface area (Å²) in [5, 5.41) is 30.6. The highest BCUT2D eigenvalue weighted by molar-refractivity contribution is 5.83. The highest BCUT2D eigenvalue weighted by atomic mass is 16.6. The first-order valence-corrected chi connectivity index (χ1v) is 15.3. The first-order chi connectivity index (χ1) is 21.1. The maximum Gasteiger partial charge on any atom is 0.407 e. The molecule has 0 heterocycles. The molecule has 0 aromatic heterocycles. The smallest absolute Gasteiger partial charge is 0.407 e. The average molecular weight is 595 g/mol. The van der Waals surface area contributed by atoms with Crippen LogP contribution in [0.25, 0.3) is 10.8 Å². The minimum Gasteiger partial charge on any atom is -0.444 e. The van der Waals surface area contributed by atoms with Gasteiger partial charge in [0.2, 0.25) is 5.91 Å². The van der Waals surface area contributed by atoms with E-state index in [2.05, 4.69) is 16.7 Å². The van der Waals surface area contributed by atoms with E-state index in [9.17, 15) is 19.8 Å².